The largest absolute Gasteiger partial charge is 0.392 e. The highest BCUT2D eigenvalue weighted by Gasteiger charge is 2.23. The molecule has 1 saturated heterocycles. The van der Waals surface area contributed by atoms with E-state index in [1.54, 1.807) is 30.1 Å². The molecule has 0 bridgehead atoms. The summed E-state index contributed by atoms with van der Waals surface area (Å²) in [5.41, 5.74) is 1.30. The van der Waals surface area contributed by atoms with Crippen LogP contribution in [0.5, 0.6) is 0 Å². The van der Waals surface area contributed by atoms with Crippen molar-refractivity contribution in [1.82, 2.24) is 19.6 Å². The van der Waals surface area contributed by atoms with E-state index < -0.39 is 0 Å². The number of aliphatic hydroxyl groups excluding tert-OH is 1. The summed E-state index contributed by atoms with van der Waals surface area (Å²) in [7, 11) is 0. The van der Waals surface area contributed by atoms with Crippen LogP contribution in [0.4, 0.5) is 0 Å². The maximum atomic E-state index is 12.6. The normalized spacial score (nSPS) is 17.0. The second-order valence-corrected chi connectivity index (χ2v) is 6.47. The average Bonchev–Trinajstić information content (AvgIpc) is 3.04. The molecule has 7 heteroatoms. The standard InChI is InChI=1S/C17H21ClN4O2/c1-13(23)11-20-6-8-21(9-7-20)17(24)14-10-19-22(12-14)16-5-3-2-4-15(16)18/h2-5,10,12-13,23H,6-9,11H2,1H3/t13-/m1/s1. The SMILES string of the molecule is C[C@@H](O)CN1CCN(C(=O)c2cnn(-c3ccccc3Cl)c2)CC1. The van der Waals surface area contributed by atoms with Gasteiger partial charge in [-0.25, -0.2) is 4.68 Å². The lowest BCUT2D eigenvalue weighted by atomic mass is 10.2. The number of amides is 1. The highest BCUT2D eigenvalue weighted by molar-refractivity contribution is 6.32. The van der Waals surface area contributed by atoms with Crippen LogP contribution in [0.3, 0.4) is 0 Å². The van der Waals surface area contributed by atoms with E-state index in [1.165, 1.54) is 0 Å². The van der Waals surface area contributed by atoms with Crippen LogP contribution in [-0.4, -0.2) is 69.4 Å². The van der Waals surface area contributed by atoms with Gasteiger partial charge in [0.2, 0.25) is 0 Å². The van der Waals surface area contributed by atoms with E-state index in [1.807, 2.05) is 23.1 Å². The van der Waals surface area contributed by atoms with Crippen LogP contribution in [-0.2, 0) is 0 Å². The van der Waals surface area contributed by atoms with Gasteiger partial charge in [0.05, 0.1) is 28.6 Å². The van der Waals surface area contributed by atoms with Crippen LogP contribution in [0.2, 0.25) is 5.02 Å². The Balaban J connectivity index is 1.66. The van der Waals surface area contributed by atoms with Crippen molar-refractivity contribution in [2.24, 2.45) is 0 Å². The number of piperazine rings is 1. The fraction of sp³-hybridized carbons (Fsp3) is 0.412. The van der Waals surface area contributed by atoms with Crippen molar-refractivity contribution in [2.45, 2.75) is 13.0 Å². The van der Waals surface area contributed by atoms with Crippen LogP contribution in [0.1, 0.15) is 17.3 Å². The van der Waals surface area contributed by atoms with Crippen molar-refractivity contribution in [3.05, 3.63) is 47.2 Å². The van der Waals surface area contributed by atoms with Gasteiger partial charge in [-0.05, 0) is 19.1 Å². The molecule has 1 aliphatic rings. The summed E-state index contributed by atoms with van der Waals surface area (Å²) < 4.78 is 1.62. The molecule has 0 radical (unpaired) electrons. The highest BCUT2D eigenvalue weighted by atomic mass is 35.5. The van der Waals surface area contributed by atoms with Crippen LogP contribution in [0.25, 0.3) is 5.69 Å². The molecule has 24 heavy (non-hydrogen) atoms. The quantitative estimate of drug-likeness (QED) is 0.913. The van der Waals surface area contributed by atoms with Crippen LogP contribution < -0.4 is 0 Å². The second-order valence-electron chi connectivity index (χ2n) is 6.07. The fourth-order valence-electron chi connectivity index (χ4n) is 2.89. The van der Waals surface area contributed by atoms with Gasteiger partial charge in [0.25, 0.3) is 5.91 Å². The number of para-hydroxylation sites is 1. The number of hydrogen-bond donors (Lipinski definition) is 1. The lowest BCUT2D eigenvalue weighted by Gasteiger charge is -2.35. The Morgan fingerprint density at radius 3 is 2.67 bits per heavy atom. The second kappa shape index (κ2) is 7.34. The van der Waals surface area contributed by atoms with Crippen molar-refractivity contribution in [1.29, 1.82) is 0 Å². The Hall–Kier alpha value is -1.89. The molecule has 0 spiro atoms. The number of aliphatic hydroxyl groups is 1. The molecule has 1 amide bonds. The molecule has 1 aromatic heterocycles. The summed E-state index contributed by atoms with van der Waals surface area (Å²) in [5, 5.41) is 14.3. The zero-order valence-electron chi connectivity index (χ0n) is 13.6. The molecule has 1 fully saturated rings. The van der Waals surface area contributed by atoms with Gasteiger partial charge < -0.3 is 10.0 Å². The molecule has 6 nitrogen and oxygen atoms in total. The Morgan fingerprint density at radius 2 is 2.00 bits per heavy atom. The highest BCUT2D eigenvalue weighted by Crippen LogP contribution is 2.20. The molecule has 3 rings (SSSR count). The van der Waals surface area contributed by atoms with Gasteiger partial charge >= 0.3 is 0 Å². The molecule has 0 aliphatic carbocycles. The predicted octanol–water partition coefficient (Wildman–Crippen LogP) is 1.66. The van der Waals surface area contributed by atoms with E-state index >= 15 is 0 Å². The zero-order chi connectivity index (χ0) is 17.1. The summed E-state index contributed by atoms with van der Waals surface area (Å²) in [6, 6.07) is 7.39. The first-order valence-corrected chi connectivity index (χ1v) is 8.41. The van der Waals surface area contributed by atoms with E-state index in [9.17, 15) is 9.90 Å². The Bertz CT molecular complexity index is 708. The third-order valence-electron chi connectivity index (χ3n) is 4.11. The van der Waals surface area contributed by atoms with Crippen molar-refractivity contribution in [2.75, 3.05) is 32.7 Å². The molecule has 1 N–H and O–H groups in total. The number of rotatable bonds is 4. The predicted molar refractivity (Wildman–Crippen MR) is 92.6 cm³/mol. The summed E-state index contributed by atoms with van der Waals surface area (Å²) in [6.45, 7) is 5.28. The molecular weight excluding hydrogens is 328 g/mol. The van der Waals surface area contributed by atoms with Gasteiger partial charge in [-0.3, -0.25) is 9.69 Å². The number of β-amino-alcohol motifs (C(OH)–C–C–N with tert-alkyl or cyclic N) is 1. The fourth-order valence-corrected chi connectivity index (χ4v) is 3.11. The minimum Gasteiger partial charge on any atom is -0.392 e. The van der Waals surface area contributed by atoms with E-state index in [-0.39, 0.29) is 12.0 Å². The lowest BCUT2D eigenvalue weighted by Crippen LogP contribution is -2.50. The van der Waals surface area contributed by atoms with Gasteiger partial charge in [0.15, 0.2) is 0 Å². The molecule has 0 unspecified atom stereocenters. The minimum atomic E-state index is -0.346. The number of halogens is 1. The first kappa shape index (κ1) is 17.0. The van der Waals surface area contributed by atoms with Gasteiger partial charge in [0, 0.05) is 38.9 Å². The molecule has 2 aromatic rings. The average molecular weight is 349 g/mol. The van der Waals surface area contributed by atoms with Gasteiger partial charge in [-0.2, -0.15) is 5.10 Å². The molecule has 1 aromatic carbocycles. The monoisotopic (exact) mass is 348 g/mol. The number of carbonyl (C=O) groups excluding carboxylic acids is 1. The summed E-state index contributed by atoms with van der Waals surface area (Å²) in [4.78, 5) is 16.6. The van der Waals surface area contributed by atoms with Crippen LogP contribution >= 0.6 is 11.6 Å². The Labute approximate surface area is 146 Å². The first-order valence-electron chi connectivity index (χ1n) is 8.04. The topological polar surface area (TPSA) is 61.6 Å². The maximum Gasteiger partial charge on any atom is 0.257 e. The van der Waals surface area contributed by atoms with E-state index in [4.69, 9.17) is 11.6 Å². The molecular formula is C17H21ClN4O2. The van der Waals surface area contributed by atoms with E-state index in [0.717, 1.165) is 18.8 Å². The van der Waals surface area contributed by atoms with Crippen molar-refractivity contribution >= 4 is 17.5 Å². The molecule has 0 saturated carbocycles. The molecule has 2 heterocycles. The molecule has 1 aliphatic heterocycles. The molecule has 128 valence electrons. The summed E-state index contributed by atoms with van der Waals surface area (Å²) in [6.07, 6.45) is 2.95. The van der Waals surface area contributed by atoms with Crippen molar-refractivity contribution < 1.29 is 9.90 Å². The van der Waals surface area contributed by atoms with Crippen molar-refractivity contribution in [3.8, 4) is 5.69 Å². The van der Waals surface area contributed by atoms with E-state index in [2.05, 4.69) is 10.00 Å². The third kappa shape index (κ3) is 3.77. The third-order valence-corrected chi connectivity index (χ3v) is 4.43. The minimum absolute atomic E-state index is 0.0231. The van der Waals surface area contributed by atoms with Crippen LogP contribution in [0, 0.1) is 0 Å². The summed E-state index contributed by atoms with van der Waals surface area (Å²) >= 11 is 6.17. The molecule has 1 atom stereocenters. The zero-order valence-corrected chi connectivity index (χ0v) is 14.4. The number of hydrogen-bond acceptors (Lipinski definition) is 4. The number of benzene rings is 1. The lowest BCUT2D eigenvalue weighted by molar-refractivity contribution is 0.0554. The Kier molecular flexibility index (Phi) is 5.18. The van der Waals surface area contributed by atoms with Crippen LogP contribution in [0.15, 0.2) is 36.7 Å². The van der Waals surface area contributed by atoms with Gasteiger partial charge in [0.1, 0.15) is 0 Å². The van der Waals surface area contributed by atoms with Gasteiger partial charge in [-0.1, -0.05) is 23.7 Å². The maximum absolute atomic E-state index is 12.6. The smallest absolute Gasteiger partial charge is 0.257 e. The van der Waals surface area contributed by atoms with Crippen molar-refractivity contribution in [3.63, 3.8) is 0 Å². The Morgan fingerprint density at radius 1 is 1.29 bits per heavy atom. The number of carbonyl (C=O) groups is 1. The van der Waals surface area contributed by atoms with E-state index in [0.29, 0.717) is 30.2 Å². The number of nitrogens with zero attached hydrogens (tertiary/aromatic N) is 4. The first-order chi connectivity index (χ1) is 11.5. The van der Waals surface area contributed by atoms with Gasteiger partial charge in [-0.15, -0.1) is 0 Å². The summed E-state index contributed by atoms with van der Waals surface area (Å²) in [5.74, 6) is -0.0231. The number of aromatic nitrogens is 2.